The molecule has 0 aliphatic carbocycles. The summed E-state index contributed by atoms with van der Waals surface area (Å²) in [7, 11) is 0. The molecular weight excluding hydrogens is 278 g/mol. The Labute approximate surface area is 130 Å². The maximum Gasteiger partial charge on any atom is 0.259 e. The Morgan fingerprint density at radius 3 is 3.18 bits per heavy atom. The van der Waals surface area contributed by atoms with Gasteiger partial charge in [-0.05, 0) is 37.8 Å². The van der Waals surface area contributed by atoms with E-state index in [1.807, 2.05) is 28.9 Å². The first-order chi connectivity index (χ1) is 10.8. The van der Waals surface area contributed by atoms with E-state index in [0.717, 1.165) is 49.4 Å². The maximum absolute atomic E-state index is 12.5. The zero-order valence-corrected chi connectivity index (χ0v) is 12.8. The summed E-state index contributed by atoms with van der Waals surface area (Å²) in [6.07, 6.45) is 5.80. The van der Waals surface area contributed by atoms with E-state index in [1.165, 1.54) is 0 Å². The second-order valence-corrected chi connectivity index (χ2v) is 5.52. The highest BCUT2D eigenvalue weighted by Crippen LogP contribution is 2.21. The summed E-state index contributed by atoms with van der Waals surface area (Å²) in [6.45, 7) is 3.64. The van der Waals surface area contributed by atoms with Crippen molar-refractivity contribution in [1.29, 1.82) is 0 Å². The van der Waals surface area contributed by atoms with Crippen LogP contribution in [0.5, 0.6) is 5.75 Å². The van der Waals surface area contributed by atoms with Gasteiger partial charge in [0, 0.05) is 18.3 Å². The molecule has 0 saturated heterocycles. The van der Waals surface area contributed by atoms with Gasteiger partial charge in [-0.1, -0.05) is 13.0 Å². The van der Waals surface area contributed by atoms with Crippen LogP contribution in [0, 0.1) is 0 Å². The van der Waals surface area contributed by atoms with E-state index >= 15 is 0 Å². The van der Waals surface area contributed by atoms with Crippen molar-refractivity contribution in [2.24, 2.45) is 0 Å². The van der Waals surface area contributed by atoms with Gasteiger partial charge in [-0.3, -0.25) is 9.48 Å². The van der Waals surface area contributed by atoms with Crippen molar-refractivity contribution in [1.82, 2.24) is 9.78 Å². The number of hydrogen-bond donors (Lipinski definition) is 1. The van der Waals surface area contributed by atoms with Crippen molar-refractivity contribution in [3.05, 3.63) is 41.7 Å². The fraction of sp³-hybridized carbons (Fsp3) is 0.412. The topological polar surface area (TPSA) is 56.1 Å². The zero-order chi connectivity index (χ0) is 15.4. The van der Waals surface area contributed by atoms with Crippen molar-refractivity contribution < 1.29 is 9.53 Å². The molecule has 1 amide bonds. The average Bonchev–Trinajstić information content (AvgIpc) is 2.97. The smallest absolute Gasteiger partial charge is 0.259 e. The predicted octanol–water partition coefficient (Wildman–Crippen LogP) is 3.26. The van der Waals surface area contributed by atoms with Crippen LogP contribution in [0.25, 0.3) is 0 Å². The molecule has 1 N–H and O–H groups in total. The summed E-state index contributed by atoms with van der Waals surface area (Å²) < 4.78 is 7.53. The van der Waals surface area contributed by atoms with Crippen LogP contribution >= 0.6 is 0 Å². The van der Waals surface area contributed by atoms with Gasteiger partial charge in [0.05, 0.1) is 24.1 Å². The predicted molar refractivity (Wildman–Crippen MR) is 85.3 cm³/mol. The molecule has 3 rings (SSSR count). The van der Waals surface area contributed by atoms with E-state index < -0.39 is 0 Å². The molecule has 0 atom stereocenters. The van der Waals surface area contributed by atoms with E-state index in [-0.39, 0.29) is 5.91 Å². The molecular formula is C17H21N3O2. The summed E-state index contributed by atoms with van der Waals surface area (Å²) in [5.41, 5.74) is 2.47. The molecule has 22 heavy (non-hydrogen) atoms. The van der Waals surface area contributed by atoms with Gasteiger partial charge in [-0.25, -0.2) is 0 Å². The molecule has 5 nitrogen and oxygen atoms in total. The number of benzene rings is 1. The number of carbonyl (C=O) groups is 1. The van der Waals surface area contributed by atoms with Crippen molar-refractivity contribution in [2.45, 2.75) is 39.2 Å². The largest absolute Gasteiger partial charge is 0.494 e. The Morgan fingerprint density at radius 1 is 1.41 bits per heavy atom. The zero-order valence-electron chi connectivity index (χ0n) is 12.8. The number of nitrogens with one attached hydrogen (secondary N) is 1. The third kappa shape index (κ3) is 3.13. The van der Waals surface area contributed by atoms with Gasteiger partial charge in [-0.15, -0.1) is 0 Å². The molecule has 0 spiro atoms. The van der Waals surface area contributed by atoms with Crippen LogP contribution in [-0.2, 0) is 13.0 Å². The number of fused-ring (bicyclic) bond motifs is 1. The van der Waals surface area contributed by atoms with Crippen LogP contribution in [0.4, 0.5) is 5.69 Å². The monoisotopic (exact) mass is 299 g/mol. The van der Waals surface area contributed by atoms with Gasteiger partial charge < -0.3 is 10.1 Å². The molecule has 1 aromatic heterocycles. The number of carbonyl (C=O) groups excluding carboxylic acids is 1. The fourth-order valence-corrected chi connectivity index (χ4v) is 2.69. The van der Waals surface area contributed by atoms with Crippen molar-refractivity contribution in [3.63, 3.8) is 0 Å². The first-order valence-electron chi connectivity index (χ1n) is 7.87. The van der Waals surface area contributed by atoms with Crippen LogP contribution in [0.1, 0.15) is 42.2 Å². The van der Waals surface area contributed by atoms with Crippen molar-refractivity contribution >= 4 is 11.6 Å². The minimum absolute atomic E-state index is 0.101. The van der Waals surface area contributed by atoms with E-state index in [2.05, 4.69) is 17.3 Å². The molecule has 1 aliphatic rings. The van der Waals surface area contributed by atoms with Crippen LogP contribution in [0.3, 0.4) is 0 Å². The number of amides is 1. The Balaban J connectivity index is 1.73. The summed E-state index contributed by atoms with van der Waals surface area (Å²) in [5, 5.41) is 7.25. The van der Waals surface area contributed by atoms with E-state index in [9.17, 15) is 4.79 Å². The quantitative estimate of drug-likeness (QED) is 0.922. The molecule has 116 valence electrons. The lowest BCUT2D eigenvalue weighted by atomic mass is 10.1. The Morgan fingerprint density at radius 2 is 2.32 bits per heavy atom. The third-order valence-electron chi connectivity index (χ3n) is 3.79. The molecule has 1 aromatic carbocycles. The highest BCUT2D eigenvalue weighted by molar-refractivity contribution is 6.05. The number of aromatic nitrogens is 2. The van der Waals surface area contributed by atoms with Crippen LogP contribution in [-0.4, -0.2) is 22.3 Å². The first kappa shape index (κ1) is 14.6. The molecule has 0 unspecified atom stereocenters. The minimum atomic E-state index is -0.101. The number of hydrogen-bond acceptors (Lipinski definition) is 3. The van der Waals surface area contributed by atoms with Crippen molar-refractivity contribution in [2.75, 3.05) is 11.9 Å². The summed E-state index contributed by atoms with van der Waals surface area (Å²) in [4.78, 5) is 12.5. The van der Waals surface area contributed by atoms with Crippen LogP contribution in [0.2, 0.25) is 0 Å². The minimum Gasteiger partial charge on any atom is -0.494 e. The fourth-order valence-electron chi connectivity index (χ4n) is 2.69. The molecule has 5 heteroatoms. The lowest BCUT2D eigenvalue weighted by molar-refractivity contribution is 0.102. The summed E-state index contributed by atoms with van der Waals surface area (Å²) in [6, 6.07) is 7.50. The first-order valence-corrected chi connectivity index (χ1v) is 7.87. The highest BCUT2D eigenvalue weighted by Gasteiger charge is 2.19. The van der Waals surface area contributed by atoms with Gasteiger partial charge in [-0.2, -0.15) is 5.10 Å². The Hall–Kier alpha value is -2.30. The maximum atomic E-state index is 12.5. The average molecular weight is 299 g/mol. The lowest BCUT2D eigenvalue weighted by Crippen LogP contribution is -2.17. The lowest BCUT2D eigenvalue weighted by Gasteiger charge is -2.14. The normalized spacial score (nSPS) is 13.5. The van der Waals surface area contributed by atoms with E-state index in [4.69, 9.17) is 4.74 Å². The Bertz CT molecular complexity index is 664. The summed E-state index contributed by atoms with van der Waals surface area (Å²) in [5.74, 6) is 0.674. The molecule has 2 heterocycles. The van der Waals surface area contributed by atoms with Gasteiger partial charge in [0.1, 0.15) is 5.75 Å². The molecule has 0 fully saturated rings. The van der Waals surface area contributed by atoms with Crippen LogP contribution < -0.4 is 10.1 Å². The molecule has 0 radical (unpaired) electrons. The number of ether oxygens (including phenoxy) is 1. The highest BCUT2D eigenvalue weighted by atomic mass is 16.5. The van der Waals surface area contributed by atoms with Crippen molar-refractivity contribution in [3.8, 4) is 5.75 Å². The summed E-state index contributed by atoms with van der Waals surface area (Å²) >= 11 is 0. The number of anilines is 1. The second kappa shape index (κ2) is 6.64. The molecule has 1 aliphatic heterocycles. The number of rotatable bonds is 5. The molecule has 0 saturated carbocycles. The van der Waals surface area contributed by atoms with Gasteiger partial charge in [0.2, 0.25) is 0 Å². The SMILES string of the molecule is CCCOc1cccc(NC(=O)c2cnn3c2CCCC3)c1. The van der Waals surface area contributed by atoms with E-state index in [0.29, 0.717) is 12.2 Å². The third-order valence-corrected chi connectivity index (χ3v) is 3.79. The number of nitrogens with zero attached hydrogens (tertiary/aromatic N) is 2. The Kier molecular flexibility index (Phi) is 4.42. The second-order valence-electron chi connectivity index (χ2n) is 5.52. The van der Waals surface area contributed by atoms with Gasteiger partial charge >= 0.3 is 0 Å². The van der Waals surface area contributed by atoms with Gasteiger partial charge in [0.25, 0.3) is 5.91 Å². The molecule has 0 bridgehead atoms. The standard InChI is InChI=1S/C17H21N3O2/c1-2-10-22-14-7-5-6-13(11-14)19-17(21)15-12-18-20-9-4-3-8-16(15)20/h5-7,11-12H,2-4,8-10H2,1H3,(H,19,21). The van der Waals surface area contributed by atoms with Gasteiger partial charge in [0.15, 0.2) is 0 Å². The van der Waals surface area contributed by atoms with E-state index in [1.54, 1.807) is 6.20 Å². The number of aryl methyl sites for hydroxylation is 1. The molecule has 2 aromatic rings. The van der Waals surface area contributed by atoms with Crippen LogP contribution in [0.15, 0.2) is 30.5 Å².